The van der Waals surface area contributed by atoms with Gasteiger partial charge in [-0.05, 0) is 37.1 Å². The summed E-state index contributed by atoms with van der Waals surface area (Å²) in [6.07, 6.45) is 2.33. The summed E-state index contributed by atoms with van der Waals surface area (Å²) in [6, 6.07) is 13.1. The van der Waals surface area contributed by atoms with Gasteiger partial charge in [-0.2, -0.15) is 0 Å². The fourth-order valence-corrected chi connectivity index (χ4v) is 4.39. The van der Waals surface area contributed by atoms with Crippen LogP contribution in [0.1, 0.15) is 28.8 Å². The second-order valence-corrected chi connectivity index (χ2v) is 7.85. The zero-order chi connectivity index (χ0) is 20.2. The molecule has 0 unspecified atom stereocenters. The van der Waals surface area contributed by atoms with Crippen LogP contribution in [0.25, 0.3) is 11.0 Å². The summed E-state index contributed by atoms with van der Waals surface area (Å²) >= 11 is 1.58. The van der Waals surface area contributed by atoms with Gasteiger partial charge in [-0.25, -0.2) is 9.59 Å². The van der Waals surface area contributed by atoms with E-state index in [0.29, 0.717) is 16.5 Å². The fourth-order valence-electron chi connectivity index (χ4n) is 3.28. The van der Waals surface area contributed by atoms with Crippen molar-refractivity contribution in [1.29, 1.82) is 0 Å². The van der Waals surface area contributed by atoms with E-state index < -0.39 is 11.6 Å². The van der Waals surface area contributed by atoms with Crippen molar-refractivity contribution < 1.29 is 23.8 Å². The second kappa shape index (κ2) is 8.71. The predicted octanol–water partition coefficient (Wildman–Crippen LogP) is 4.13. The minimum atomic E-state index is -0.568. The van der Waals surface area contributed by atoms with E-state index in [9.17, 15) is 14.7 Å². The molecule has 1 fully saturated rings. The van der Waals surface area contributed by atoms with Crippen LogP contribution >= 0.6 is 11.8 Å². The van der Waals surface area contributed by atoms with Gasteiger partial charge in [0.05, 0.1) is 11.7 Å². The van der Waals surface area contributed by atoms with Crippen LogP contribution in [-0.4, -0.2) is 29.5 Å². The molecule has 1 aliphatic heterocycles. The summed E-state index contributed by atoms with van der Waals surface area (Å²) < 4.78 is 16.2. The number of ether oxygens (including phenoxy) is 2. The molecular weight excluding hydrogens is 392 g/mol. The number of phenolic OH excluding ortho intramolecular Hbond substituents is 1. The first-order valence-corrected chi connectivity index (χ1v) is 10.3. The molecule has 1 aliphatic rings. The summed E-state index contributed by atoms with van der Waals surface area (Å²) in [5.74, 6) is 0.325. The number of hydrogen-bond donors (Lipinski definition) is 1. The Bertz CT molecular complexity index is 1080. The Morgan fingerprint density at radius 2 is 2.07 bits per heavy atom. The number of esters is 1. The summed E-state index contributed by atoms with van der Waals surface area (Å²) in [6.45, 7) is 0.724. The van der Waals surface area contributed by atoms with E-state index in [1.54, 1.807) is 30.0 Å². The third-order valence-electron chi connectivity index (χ3n) is 4.73. The minimum Gasteiger partial charge on any atom is -0.508 e. The van der Waals surface area contributed by atoms with Crippen molar-refractivity contribution in [1.82, 2.24) is 0 Å². The number of benzene rings is 2. The SMILES string of the molecule is O=C(OCc1cc(=O)oc2cc(O)ccc12)c1ccccc1SC[C@@H]1CCCO1. The lowest BCUT2D eigenvalue weighted by atomic mass is 10.1. The van der Waals surface area contributed by atoms with Crippen molar-refractivity contribution in [2.75, 3.05) is 12.4 Å². The highest BCUT2D eigenvalue weighted by molar-refractivity contribution is 7.99. The van der Waals surface area contributed by atoms with Gasteiger partial charge < -0.3 is 19.0 Å². The highest BCUT2D eigenvalue weighted by Crippen LogP contribution is 2.28. The smallest absolute Gasteiger partial charge is 0.339 e. The van der Waals surface area contributed by atoms with Gasteiger partial charge in [0.15, 0.2) is 0 Å². The zero-order valence-corrected chi connectivity index (χ0v) is 16.4. The molecule has 1 saturated heterocycles. The third-order valence-corrected chi connectivity index (χ3v) is 5.93. The molecule has 0 bridgehead atoms. The second-order valence-electron chi connectivity index (χ2n) is 6.79. The first-order chi connectivity index (χ1) is 14.1. The Morgan fingerprint density at radius 1 is 1.21 bits per heavy atom. The largest absolute Gasteiger partial charge is 0.508 e. The monoisotopic (exact) mass is 412 g/mol. The number of rotatable bonds is 6. The average Bonchev–Trinajstić information content (AvgIpc) is 3.23. The highest BCUT2D eigenvalue weighted by atomic mass is 32.2. The standard InChI is InChI=1S/C22H20O6S/c23-15-7-8-17-14(10-21(24)28-19(17)11-15)12-27-22(25)18-5-1-2-6-20(18)29-13-16-4-3-9-26-16/h1-2,5-8,10-11,16,23H,3-4,9,12-13H2/t16-/m0/s1. The average molecular weight is 412 g/mol. The molecule has 0 radical (unpaired) electrons. The molecule has 2 heterocycles. The van der Waals surface area contributed by atoms with Crippen LogP contribution in [0.15, 0.2) is 62.6 Å². The van der Waals surface area contributed by atoms with Crippen LogP contribution in [0.4, 0.5) is 0 Å². The van der Waals surface area contributed by atoms with Crippen molar-refractivity contribution >= 4 is 28.7 Å². The summed E-state index contributed by atoms with van der Waals surface area (Å²) in [5, 5.41) is 10.2. The molecule has 1 N–H and O–H groups in total. The number of carbonyl (C=O) groups is 1. The number of hydrogen-bond acceptors (Lipinski definition) is 7. The summed E-state index contributed by atoms with van der Waals surface area (Å²) in [4.78, 5) is 25.3. The van der Waals surface area contributed by atoms with Gasteiger partial charge in [-0.3, -0.25) is 0 Å². The van der Waals surface area contributed by atoms with E-state index in [1.165, 1.54) is 18.2 Å². The molecule has 1 atom stereocenters. The molecule has 6 nitrogen and oxygen atoms in total. The zero-order valence-electron chi connectivity index (χ0n) is 15.6. The third kappa shape index (κ3) is 4.63. The molecule has 2 aromatic carbocycles. The van der Waals surface area contributed by atoms with E-state index in [-0.39, 0.29) is 24.0 Å². The Kier molecular flexibility index (Phi) is 5.87. The molecule has 7 heteroatoms. The Hall–Kier alpha value is -2.77. The topological polar surface area (TPSA) is 86.0 Å². The Balaban J connectivity index is 1.49. The highest BCUT2D eigenvalue weighted by Gasteiger charge is 2.19. The number of thioether (sulfide) groups is 1. The van der Waals surface area contributed by atoms with E-state index in [2.05, 4.69) is 0 Å². The van der Waals surface area contributed by atoms with Gasteiger partial charge in [-0.15, -0.1) is 11.8 Å². The van der Waals surface area contributed by atoms with Crippen molar-refractivity contribution in [2.24, 2.45) is 0 Å². The molecule has 3 aromatic rings. The van der Waals surface area contributed by atoms with Crippen LogP contribution in [0.2, 0.25) is 0 Å². The quantitative estimate of drug-likeness (QED) is 0.370. The summed E-state index contributed by atoms with van der Waals surface area (Å²) in [5.41, 5.74) is 0.687. The van der Waals surface area contributed by atoms with Crippen molar-refractivity contribution in [3.8, 4) is 5.75 Å². The Labute approximate surface area is 171 Å². The van der Waals surface area contributed by atoms with Gasteiger partial charge in [0.1, 0.15) is 17.9 Å². The molecule has 29 heavy (non-hydrogen) atoms. The Morgan fingerprint density at radius 3 is 2.90 bits per heavy atom. The maximum absolute atomic E-state index is 12.7. The van der Waals surface area contributed by atoms with Gasteiger partial charge in [-0.1, -0.05) is 12.1 Å². The number of fused-ring (bicyclic) bond motifs is 1. The summed E-state index contributed by atoms with van der Waals surface area (Å²) in [7, 11) is 0. The lowest BCUT2D eigenvalue weighted by molar-refractivity contribution is 0.0469. The maximum atomic E-state index is 12.7. The molecule has 1 aromatic heterocycles. The van der Waals surface area contributed by atoms with E-state index in [1.807, 2.05) is 12.1 Å². The molecule has 150 valence electrons. The minimum absolute atomic E-state index is 0.00742. The predicted molar refractivity (Wildman–Crippen MR) is 109 cm³/mol. The lowest BCUT2D eigenvalue weighted by Crippen LogP contribution is -2.11. The van der Waals surface area contributed by atoms with Crippen molar-refractivity contribution in [3.63, 3.8) is 0 Å². The maximum Gasteiger partial charge on any atom is 0.339 e. The van der Waals surface area contributed by atoms with Crippen LogP contribution < -0.4 is 5.63 Å². The molecule has 0 saturated carbocycles. The lowest BCUT2D eigenvalue weighted by Gasteiger charge is -2.12. The number of phenols is 1. The fraction of sp³-hybridized carbons (Fsp3) is 0.273. The molecule has 0 aliphatic carbocycles. The van der Waals surface area contributed by atoms with Gasteiger partial charge in [0, 0.05) is 40.3 Å². The van der Waals surface area contributed by atoms with Crippen molar-refractivity contribution in [3.05, 3.63) is 70.1 Å². The first-order valence-electron chi connectivity index (χ1n) is 9.36. The van der Waals surface area contributed by atoms with Crippen LogP contribution in [0.3, 0.4) is 0 Å². The van der Waals surface area contributed by atoms with Crippen LogP contribution in [-0.2, 0) is 16.1 Å². The normalized spacial score (nSPS) is 16.2. The van der Waals surface area contributed by atoms with Crippen LogP contribution in [0, 0.1) is 0 Å². The van der Waals surface area contributed by atoms with Gasteiger partial charge >= 0.3 is 11.6 Å². The van der Waals surface area contributed by atoms with E-state index in [0.717, 1.165) is 30.1 Å². The van der Waals surface area contributed by atoms with Crippen molar-refractivity contribution in [2.45, 2.75) is 30.4 Å². The molecule has 0 spiro atoms. The number of carbonyl (C=O) groups excluding carboxylic acids is 1. The molecule has 0 amide bonds. The number of aromatic hydroxyl groups is 1. The van der Waals surface area contributed by atoms with Gasteiger partial charge in [0.2, 0.25) is 0 Å². The molecule has 4 rings (SSSR count). The molecular formula is C22H20O6S. The van der Waals surface area contributed by atoms with E-state index in [4.69, 9.17) is 13.9 Å². The van der Waals surface area contributed by atoms with Crippen LogP contribution in [0.5, 0.6) is 5.75 Å². The van der Waals surface area contributed by atoms with Gasteiger partial charge in [0.25, 0.3) is 0 Å². The van der Waals surface area contributed by atoms with E-state index >= 15 is 0 Å². The first kappa shape index (κ1) is 19.5.